The second kappa shape index (κ2) is 5.18. The van der Waals surface area contributed by atoms with Gasteiger partial charge in [0.05, 0.1) is 16.0 Å². The van der Waals surface area contributed by atoms with Gasteiger partial charge in [0, 0.05) is 18.7 Å². The molecule has 6 heteroatoms. The van der Waals surface area contributed by atoms with Gasteiger partial charge in [-0.3, -0.25) is 9.59 Å². The second-order valence-electron chi connectivity index (χ2n) is 5.88. The molecule has 1 heterocycles. The molecule has 1 unspecified atom stereocenters. The van der Waals surface area contributed by atoms with Gasteiger partial charge < -0.3 is 10.0 Å². The molecular weight excluding hydrogens is 313 g/mol. The van der Waals surface area contributed by atoms with Gasteiger partial charge >= 0.3 is 5.97 Å². The van der Waals surface area contributed by atoms with Crippen LogP contribution < -0.4 is 0 Å². The lowest BCUT2D eigenvalue weighted by molar-refractivity contribution is -0.139. The number of carbonyl (C=O) groups excluding carboxylic acids is 1. The maximum Gasteiger partial charge on any atom is 0.307 e. The van der Waals surface area contributed by atoms with Crippen molar-refractivity contribution < 1.29 is 14.7 Å². The number of amides is 1. The fraction of sp³-hybridized carbons (Fsp3) is 0.467. The first-order valence-electron chi connectivity index (χ1n) is 6.90. The average Bonchev–Trinajstić information content (AvgIpc) is 3.16. The summed E-state index contributed by atoms with van der Waals surface area (Å²) in [6.07, 6.45) is 2.27. The number of halogens is 2. The molecule has 2 fully saturated rings. The number of carboxylic acids is 1. The van der Waals surface area contributed by atoms with Crippen LogP contribution in [0.5, 0.6) is 0 Å². The zero-order valence-corrected chi connectivity index (χ0v) is 12.8. The molecule has 1 aromatic carbocycles. The summed E-state index contributed by atoms with van der Waals surface area (Å²) in [4.78, 5) is 25.2. The maximum absolute atomic E-state index is 12.4. The number of hydrogen-bond donors (Lipinski definition) is 1. The Morgan fingerprint density at radius 3 is 2.38 bits per heavy atom. The number of piperidine rings is 1. The molecule has 1 saturated heterocycles. The van der Waals surface area contributed by atoms with Crippen molar-refractivity contribution in [3.8, 4) is 0 Å². The Balaban J connectivity index is 1.66. The van der Waals surface area contributed by atoms with Crippen molar-refractivity contribution in [1.82, 2.24) is 4.90 Å². The Labute approximate surface area is 132 Å². The zero-order chi connectivity index (χ0) is 15.2. The minimum atomic E-state index is -0.709. The number of rotatable bonds is 2. The van der Waals surface area contributed by atoms with Gasteiger partial charge in [-0.1, -0.05) is 23.2 Å². The fourth-order valence-corrected chi connectivity index (χ4v) is 3.51. The Hall–Kier alpha value is -1.26. The summed E-state index contributed by atoms with van der Waals surface area (Å²) in [5.74, 6) is -1.00. The molecule has 1 saturated carbocycles. The number of benzene rings is 1. The molecule has 1 N–H and O–H groups in total. The van der Waals surface area contributed by atoms with Gasteiger partial charge in [0.25, 0.3) is 5.91 Å². The Bertz CT molecular complexity index is 609. The van der Waals surface area contributed by atoms with Gasteiger partial charge in [-0.2, -0.15) is 0 Å². The van der Waals surface area contributed by atoms with E-state index in [2.05, 4.69) is 0 Å². The van der Waals surface area contributed by atoms with Gasteiger partial charge in [0.1, 0.15) is 0 Å². The van der Waals surface area contributed by atoms with E-state index < -0.39 is 5.97 Å². The zero-order valence-electron chi connectivity index (χ0n) is 11.3. The topological polar surface area (TPSA) is 57.6 Å². The summed E-state index contributed by atoms with van der Waals surface area (Å²) in [5, 5.41) is 9.86. The van der Waals surface area contributed by atoms with Gasteiger partial charge in [0.15, 0.2) is 0 Å². The van der Waals surface area contributed by atoms with Gasteiger partial charge in [-0.15, -0.1) is 0 Å². The van der Waals surface area contributed by atoms with E-state index in [9.17, 15) is 9.59 Å². The van der Waals surface area contributed by atoms with Crippen LogP contribution in [-0.4, -0.2) is 35.0 Å². The highest BCUT2D eigenvalue weighted by molar-refractivity contribution is 6.42. The Morgan fingerprint density at radius 1 is 1.19 bits per heavy atom. The van der Waals surface area contributed by atoms with Crippen LogP contribution in [0, 0.1) is 11.3 Å². The van der Waals surface area contributed by atoms with Crippen LogP contribution in [0.3, 0.4) is 0 Å². The van der Waals surface area contributed by atoms with Crippen LogP contribution in [0.15, 0.2) is 18.2 Å². The molecular formula is C15H15Cl2NO3. The molecule has 2 aliphatic rings. The lowest BCUT2D eigenvalue weighted by Gasteiger charge is -2.32. The predicted octanol–water partition coefficient (Wildman–Crippen LogP) is 3.32. The molecule has 112 valence electrons. The van der Waals surface area contributed by atoms with E-state index in [1.165, 1.54) is 0 Å². The molecule has 1 spiro atoms. The van der Waals surface area contributed by atoms with Gasteiger partial charge in [-0.25, -0.2) is 0 Å². The van der Waals surface area contributed by atoms with Crippen LogP contribution >= 0.6 is 23.2 Å². The molecule has 0 aromatic heterocycles. The van der Waals surface area contributed by atoms with Crippen LogP contribution in [-0.2, 0) is 4.79 Å². The van der Waals surface area contributed by atoms with Gasteiger partial charge in [0.2, 0.25) is 0 Å². The highest BCUT2D eigenvalue weighted by Crippen LogP contribution is 2.59. The molecule has 21 heavy (non-hydrogen) atoms. The first-order chi connectivity index (χ1) is 9.93. The summed E-state index contributed by atoms with van der Waals surface area (Å²) >= 11 is 11.8. The van der Waals surface area contributed by atoms with E-state index in [-0.39, 0.29) is 17.2 Å². The number of likely N-dealkylation sites (tertiary alicyclic amines) is 1. The van der Waals surface area contributed by atoms with Crippen LogP contribution in [0.2, 0.25) is 10.0 Å². The average molecular weight is 328 g/mol. The normalized spacial score (nSPS) is 23.1. The largest absolute Gasteiger partial charge is 0.481 e. The smallest absolute Gasteiger partial charge is 0.307 e. The summed E-state index contributed by atoms with van der Waals surface area (Å²) in [7, 11) is 0. The number of nitrogens with zero attached hydrogens (tertiary/aromatic N) is 1. The molecule has 1 atom stereocenters. The van der Waals surface area contributed by atoms with Crippen molar-refractivity contribution in [2.75, 3.05) is 13.1 Å². The highest BCUT2D eigenvalue weighted by atomic mass is 35.5. The quantitative estimate of drug-likeness (QED) is 0.906. The molecule has 0 bridgehead atoms. The number of carboxylic acid groups (broad SMARTS) is 1. The third-order valence-corrected chi connectivity index (χ3v) is 5.44. The number of hydrogen-bond acceptors (Lipinski definition) is 2. The molecule has 3 rings (SSSR count). The van der Waals surface area contributed by atoms with Crippen molar-refractivity contribution >= 4 is 35.1 Å². The summed E-state index contributed by atoms with van der Waals surface area (Å²) in [6, 6.07) is 4.86. The SMILES string of the molecule is O=C(O)C1CC12CCN(C(=O)c1ccc(Cl)c(Cl)c1)CC2. The molecule has 1 aliphatic heterocycles. The maximum atomic E-state index is 12.4. The standard InChI is InChI=1S/C15H15Cl2NO3/c16-11-2-1-9(7-12(11)17)13(19)18-5-3-15(4-6-18)8-10(15)14(20)21/h1-2,7,10H,3-6,8H2,(H,20,21). The summed E-state index contributed by atoms with van der Waals surface area (Å²) in [5.41, 5.74) is 0.450. The van der Waals surface area contributed by atoms with Crippen molar-refractivity contribution in [3.05, 3.63) is 33.8 Å². The van der Waals surface area contributed by atoms with Crippen molar-refractivity contribution in [1.29, 1.82) is 0 Å². The van der Waals surface area contributed by atoms with Gasteiger partial charge in [-0.05, 0) is 42.9 Å². The monoisotopic (exact) mass is 327 g/mol. The lowest BCUT2D eigenvalue weighted by atomic mass is 9.90. The summed E-state index contributed by atoms with van der Waals surface area (Å²) in [6.45, 7) is 1.20. The van der Waals surface area contributed by atoms with Crippen molar-refractivity contribution in [2.45, 2.75) is 19.3 Å². The fourth-order valence-electron chi connectivity index (χ4n) is 3.22. The van der Waals surface area contributed by atoms with E-state index in [0.717, 1.165) is 19.3 Å². The third kappa shape index (κ3) is 2.62. The lowest BCUT2D eigenvalue weighted by Crippen LogP contribution is -2.40. The molecule has 1 aromatic rings. The van der Waals surface area contributed by atoms with Crippen LogP contribution in [0.4, 0.5) is 0 Å². The molecule has 0 radical (unpaired) electrons. The Kier molecular flexibility index (Phi) is 3.62. The first kappa shape index (κ1) is 14.7. The van der Waals surface area contributed by atoms with E-state index in [0.29, 0.717) is 28.7 Å². The van der Waals surface area contributed by atoms with Crippen LogP contribution in [0.25, 0.3) is 0 Å². The minimum Gasteiger partial charge on any atom is -0.481 e. The highest BCUT2D eigenvalue weighted by Gasteiger charge is 2.59. The predicted molar refractivity (Wildman–Crippen MR) is 79.8 cm³/mol. The van der Waals surface area contributed by atoms with Crippen molar-refractivity contribution in [2.24, 2.45) is 11.3 Å². The van der Waals surface area contributed by atoms with E-state index in [4.69, 9.17) is 28.3 Å². The number of carbonyl (C=O) groups is 2. The van der Waals surface area contributed by atoms with E-state index in [1.54, 1.807) is 23.1 Å². The van der Waals surface area contributed by atoms with E-state index >= 15 is 0 Å². The second-order valence-corrected chi connectivity index (χ2v) is 6.69. The van der Waals surface area contributed by atoms with Crippen molar-refractivity contribution in [3.63, 3.8) is 0 Å². The first-order valence-corrected chi connectivity index (χ1v) is 7.66. The summed E-state index contributed by atoms with van der Waals surface area (Å²) < 4.78 is 0. The molecule has 1 amide bonds. The molecule has 1 aliphatic carbocycles. The molecule has 4 nitrogen and oxygen atoms in total. The van der Waals surface area contributed by atoms with E-state index in [1.807, 2.05) is 0 Å². The Morgan fingerprint density at radius 2 is 1.86 bits per heavy atom. The third-order valence-electron chi connectivity index (χ3n) is 4.70. The van der Waals surface area contributed by atoms with Crippen LogP contribution in [0.1, 0.15) is 29.6 Å². The number of aliphatic carboxylic acids is 1. The minimum absolute atomic E-state index is 0.0692.